The first-order valence-corrected chi connectivity index (χ1v) is 5.10. The number of carbonyl (C=O) groups excluding carboxylic acids is 1. The van der Waals surface area contributed by atoms with E-state index in [1.54, 1.807) is 20.8 Å². The molecule has 6 nitrogen and oxygen atoms in total. The van der Waals surface area contributed by atoms with Crippen molar-refractivity contribution in [1.82, 2.24) is 15.5 Å². The normalized spacial score (nSPS) is 11.2. The van der Waals surface area contributed by atoms with Gasteiger partial charge in [0.2, 0.25) is 0 Å². The van der Waals surface area contributed by atoms with Crippen LogP contribution in [0.3, 0.4) is 0 Å². The molecular weight excluding hydrogens is 210 g/mol. The molecule has 3 N–H and O–H groups in total. The Morgan fingerprint density at radius 2 is 2.12 bits per heavy atom. The van der Waals surface area contributed by atoms with Gasteiger partial charge in [0.15, 0.2) is 0 Å². The van der Waals surface area contributed by atoms with Crippen molar-refractivity contribution in [2.24, 2.45) is 0 Å². The van der Waals surface area contributed by atoms with Crippen LogP contribution in [0.1, 0.15) is 26.5 Å². The number of hydrogen-bond donors (Lipinski definition) is 3. The minimum atomic E-state index is -0.494. The second-order valence-electron chi connectivity index (χ2n) is 4.46. The number of rotatable bonds is 3. The molecule has 0 saturated heterocycles. The third kappa shape index (κ3) is 4.68. The minimum absolute atomic E-state index is 0.174. The molecule has 0 aliphatic heterocycles. The standard InChI is InChI=1S/C10H17N3O3/c1-10(2,3)16-9(15)11-5-4-7-6-8(14)13-12-7/h6H,4-5H2,1-3H3,(H,11,15)(H2,12,13,14). The topological polar surface area (TPSA) is 87.0 Å². The molecule has 0 saturated carbocycles. The Bertz CT molecular complexity index is 400. The number of aromatic amines is 2. The molecule has 0 fully saturated rings. The first-order valence-electron chi connectivity index (χ1n) is 5.10. The lowest BCUT2D eigenvalue weighted by molar-refractivity contribution is 0.0528. The van der Waals surface area contributed by atoms with Gasteiger partial charge in [-0.1, -0.05) is 0 Å². The predicted molar refractivity (Wildman–Crippen MR) is 59.4 cm³/mol. The van der Waals surface area contributed by atoms with E-state index in [1.807, 2.05) is 0 Å². The lowest BCUT2D eigenvalue weighted by Gasteiger charge is -2.19. The van der Waals surface area contributed by atoms with Gasteiger partial charge >= 0.3 is 6.09 Å². The van der Waals surface area contributed by atoms with Crippen LogP contribution in [-0.4, -0.2) is 28.4 Å². The number of carbonyl (C=O) groups is 1. The highest BCUT2D eigenvalue weighted by atomic mass is 16.6. The van der Waals surface area contributed by atoms with Crippen LogP contribution in [0.5, 0.6) is 0 Å². The van der Waals surface area contributed by atoms with Gasteiger partial charge in [0.25, 0.3) is 5.56 Å². The van der Waals surface area contributed by atoms with Crippen molar-refractivity contribution < 1.29 is 9.53 Å². The van der Waals surface area contributed by atoms with Gasteiger partial charge in [-0.2, -0.15) is 0 Å². The summed E-state index contributed by atoms with van der Waals surface area (Å²) in [5.41, 5.74) is 0.0836. The zero-order valence-electron chi connectivity index (χ0n) is 9.72. The Balaban J connectivity index is 2.26. The zero-order valence-corrected chi connectivity index (χ0v) is 9.72. The number of ether oxygens (including phenoxy) is 1. The lowest BCUT2D eigenvalue weighted by Crippen LogP contribution is -2.33. The van der Waals surface area contributed by atoms with Gasteiger partial charge in [-0.05, 0) is 20.8 Å². The molecule has 0 atom stereocenters. The molecule has 1 rings (SSSR count). The van der Waals surface area contributed by atoms with Crippen molar-refractivity contribution in [3.8, 4) is 0 Å². The molecular formula is C10H17N3O3. The fraction of sp³-hybridized carbons (Fsp3) is 0.600. The second-order valence-corrected chi connectivity index (χ2v) is 4.46. The molecule has 90 valence electrons. The Labute approximate surface area is 93.4 Å². The van der Waals surface area contributed by atoms with E-state index in [0.717, 1.165) is 5.69 Å². The van der Waals surface area contributed by atoms with Crippen molar-refractivity contribution in [3.63, 3.8) is 0 Å². The number of aromatic nitrogens is 2. The van der Waals surface area contributed by atoms with Crippen molar-refractivity contribution in [2.45, 2.75) is 32.8 Å². The summed E-state index contributed by atoms with van der Waals surface area (Å²) in [5.74, 6) is 0. The summed E-state index contributed by atoms with van der Waals surface area (Å²) in [6.07, 6.45) is 0.100. The SMILES string of the molecule is CC(C)(C)OC(=O)NCCc1cc(=O)[nH][nH]1. The molecule has 0 bridgehead atoms. The largest absolute Gasteiger partial charge is 0.444 e. The summed E-state index contributed by atoms with van der Waals surface area (Å²) in [4.78, 5) is 22.0. The number of amides is 1. The lowest BCUT2D eigenvalue weighted by atomic mass is 10.2. The van der Waals surface area contributed by atoms with Crippen molar-refractivity contribution >= 4 is 6.09 Å². The number of nitrogens with one attached hydrogen (secondary N) is 3. The average molecular weight is 227 g/mol. The first kappa shape index (κ1) is 12.4. The van der Waals surface area contributed by atoms with E-state index >= 15 is 0 Å². The molecule has 1 heterocycles. The Hall–Kier alpha value is -1.72. The highest BCUT2D eigenvalue weighted by Gasteiger charge is 2.15. The van der Waals surface area contributed by atoms with Crippen LogP contribution in [0.25, 0.3) is 0 Å². The molecule has 0 aromatic carbocycles. The van der Waals surface area contributed by atoms with Gasteiger partial charge in [-0.25, -0.2) is 4.79 Å². The Morgan fingerprint density at radius 1 is 1.44 bits per heavy atom. The van der Waals surface area contributed by atoms with Crippen LogP contribution in [0.2, 0.25) is 0 Å². The van der Waals surface area contributed by atoms with Crippen LogP contribution in [0.4, 0.5) is 4.79 Å². The predicted octanol–water partition coefficient (Wildman–Crippen LogP) is 0.770. The van der Waals surface area contributed by atoms with Gasteiger partial charge in [-0.15, -0.1) is 0 Å². The van der Waals surface area contributed by atoms with Crippen LogP contribution >= 0.6 is 0 Å². The van der Waals surface area contributed by atoms with Gasteiger partial charge in [0.05, 0.1) is 0 Å². The summed E-state index contributed by atoms with van der Waals surface area (Å²) < 4.78 is 5.05. The van der Waals surface area contributed by atoms with Crippen LogP contribution in [0.15, 0.2) is 10.9 Å². The molecule has 6 heteroatoms. The number of alkyl carbamates (subject to hydrolysis) is 1. The van der Waals surface area contributed by atoms with Gasteiger partial charge in [0.1, 0.15) is 5.60 Å². The van der Waals surface area contributed by atoms with E-state index in [4.69, 9.17) is 4.74 Å². The van der Waals surface area contributed by atoms with Crippen molar-refractivity contribution in [1.29, 1.82) is 0 Å². The summed E-state index contributed by atoms with van der Waals surface area (Å²) in [5, 5.41) is 7.72. The van der Waals surface area contributed by atoms with Crippen molar-refractivity contribution in [3.05, 3.63) is 22.1 Å². The van der Waals surface area contributed by atoms with Crippen LogP contribution < -0.4 is 10.9 Å². The highest BCUT2D eigenvalue weighted by Crippen LogP contribution is 2.06. The van der Waals surface area contributed by atoms with E-state index in [0.29, 0.717) is 13.0 Å². The minimum Gasteiger partial charge on any atom is -0.444 e. The van der Waals surface area contributed by atoms with Crippen molar-refractivity contribution in [2.75, 3.05) is 6.54 Å². The third-order valence-corrected chi connectivity index (χ3v) is 1.71. The van der Waals surface area contributed by atoms with Crippen LogP contribution in [-0.2, 0) is 11.2 Å². The summed E-state index contributed by atoms with van der Waals surface area (Å²) in [6, 6.07) is 1.46. The fourth-order valence-corrected chi connectivity index (χ4v) is 1.12. The zero-order chi connectivity index (χ0) is 12.2. The molecule has 0 unspecified atom stereocenters. The van der Waals surface area contributed by atoms with E-state index < -0.39 is 11.7 Å². The maximum atomic E-state index is 11.2. The summed E-state index contributed by atoms with van der Waals surface area (Å²) in [7, 11) is 0. The van der Waals surface area contributed by atoms with E-state index in [2.05, 4.69) is 15.5 Å². The highest BCUT2D eigenvalue weighted by molar-refractivity contribution is 5.67. The van der Waals surface area contributed by atoms with Crippen LogP contribution in [0, 0.1) is 0 Å². The van der Waals surface area contributed by atoms with E-state index in [-0.39, 0.29) is 5.56 Å². The quantitative estimate of drug-likeness (QED) is 0.712. The number of H-pyrrole nitrogens is 2. The number of hydrogen-bond acceptors (Lipinski definition) is 3. The molecule has 1 amide bonds. The average Bonchev–Trinajstić information content (AvgIpc) is 2.48. The molecule has 0 aliphatic carbocycles. The summed E-state index contributed by atoms with van der Waals surface area (Å²) >= 11 is 0. The molecule has 0 spiro atoms. The molecule has 16 heavy (non-hydrogen) atoms. The third-order valence-electron chi connectivity index (χ3n) is 1.71. The van der Waals surface area contributed by atoms with Gasteiger partial charge < -0.3 is 15.2 Å². The Morgan fingerprint density at radius 3 is 2.62 bits per heavy atom. The van der Waals surface area contributed by atoms with Gasteiger partial charge in [-0.3, -0.25) is 9.89 Å². The second kappa shape index (κ2) is 4.87. The fourth-order valence-electron chi connectivity index (χ4n) is 1.12. The summed E-state index contributed by atoms with van der Waals surface area (Å²) in [6.45, 7) is 5.82. The van der Waals surface area contributed by atoms with E-state index in [1.165, 1.54) is 6.07 Å². The Kier molecular flexibility index (Phi) is 3.76. The smallest absolute Gasteiger partial charge is 0.407 e. The molecule has 0 aliphatic rings. The molecule has 0 radical (unpaired) electrons. The first-order chi connectivity index (χ1) is 7.37. The monoisotopic (exact) mass is 227 g/mol. The maximum Gasteiger partial charge on any atom is 0.407 e. The molecule has 1 aromatic rings. The van der Waals surface area contributed by atoms with Gasteiger partial charge in [0, 0.05) is 24.7 Å². The van der Waals surface area contributed by atoms with E-state index in [9.17, 15) is 9.59 Å². The molecule has 1 aromatic heterocycles. The maximum absolute atomic E-state index is 11.2.